The number of carbonyl (C=O) groups excluding carboxylic acids is 1. The lowest BCUT2D eigenvalue weighted by molar-refractivity contribution is -0.383. The van der Waals surface area contributed by atoms with Gasteiger partial charge in [-0.3, -0.25) is 14.9 Å². The largest absolute Gasteiger partial charge is 0.508 e. The molecule has 1 aromatic heterocycles. The average Bonchev–Trinajstić information content (AvgIpc) is 2.82. The summed E-state index contributed by atoms with van der Waals surface area (Å²) in [6.45, 7) is 1.59. The van der Waals surface area contributed by atoms with E-state index in [2.05, 4.69) is 0 Å². The highest BCUT2D eigenvalue weighted by Crippen LogP contribution is 2.33. The molecule has 1 N–H and O–H groups in total. The molecule has 0 radical (unpaired) electrons. The van der Waals surface area contributed by atoms with Crippen LogP contribution >= 0.6 is 0 Å². The quantitative estimate of drug-likeness (QED) is 0.453. The normalized spacial score (nSPS) is 10.8. The minimum atomic E-state index is -0.542. The van der Waals surface area contributed by atoms with Gasteiger partial charge in [-0.15, -0.1) is 0 Å². The van der Waals surface area contributed by atoms with Crippen molar-refractivity contribution in [2.75, 3.05) is 0 Å². The zero-order chi connectivity index (χ0) is 15.9. The molecule has 3 aromatic rings. The maximum atomic E-state index is 12.6. The molecule has 0 saturated carbocycles. The number of para-hydroxylation sites is 1. The molecule has 22 heavy (non-hydrogen) atoms. The van der Waals surface area contributed by atoms with E-state index in [9.17, 15) is 20.0 Å². The molecule has 6 heteroatoms. The van der Waals surface area contributed by atoms with Crippen LogP contribution in [0.4, 0.5) is 5.69 Å². The topological polar surface area (TPSA) is 93.6 Å². The Labute approximate surface area is 124 Å². The number of benzene rings is 2. The fourth-order valence-corrected chi connectivity index (χ4v) is 2.41. The number of rotatable bonds is 3. The third-order valence-corrected chi connectivity index (χ3v) is 3.42. The molecule has 0 fully saturated rings. The zero-order valence-electron chi connectivity index (χ0n) is 11.6. The molecule has 2 aromatic carbocycles. The summed E-state index contributed by atoms with van der Waals surface area (Å²) < 4.78 is 5.45. The molecule has 0 aliphatic rings. The Bertz CT molecular complexity index is 893. The van der Waals surface area contributed by atoms with Crippen LogP contribution in [0.25, 0.3) is 11.0 Å². The van der Waals surface area contributed by atoms with E-state index in [-0.39, 0.29) is 22.8 Å². The zero-order valence-corrected chi connectivity index (χ0v) is 11.6. The molecule has 0 saturated heterocycles. The van der Waals surface area contributed by atoms with Gasteiger partial charge in [-0.1, -0.05) is 6.07 Å². The Morgan fingerprint density at radius 2 is 1.86 bits per heavy atom. The lowest BCUT2D eigenvalue weighted by Crippen LogP contribution is -2.01. The van der Waals surface area contributed by atoms with E-state index in [4.69, 9.17) is 4.42 Å². The van der Waals surface area contributed by atoms with Crippen LogP contribution in [0.5, 0.6) is 5.75 Å². The monoisotopic (exact) mass is 297 g/mol. The van der Waals surface area contributed by atoms with Gasteiger partial charge in [0, 0.05) is 17.0 Å². The van der Waals surface area contributed by atoms with Gasteiger partial charge in [-0.25, -0.2) is 0 Å². The van der Waals surface area contributed by atoms with Crippen molar-refractivity contribution in [3.05, 3.63) is 69.5 Å². The minimum Gasteiger partial charge on any atom is -0.508 e. The summed E-state index contributed by atoms with van der Waals surface area (Å²) in [6.07, 6.45) is 0. The predicted molar refractivity (Wildman–Crippen MR) is 79.1 cm³/mol. The van der Waals surface area contributed by atoms with Gasteiger partial charge in [0.05, 0.1) is 10.5 Å². The smallest absolute Gasteiger partial charge is 0.312 e. The first kappa shape index (κ1) is 13.8. The molecule has 0 bridgehead atoms. The molecule has 0 atom stereocenters. The first-order valence-electron chi connectivity index (χ1n) is 6.49. The number of ketones is 1. The average molecular weight is 297 g/mol. The van der Waals surface area contributed by atoms with Crippen LogP contribution in [0.3, 0.4) is 0 Å². The highest BCUT2D eigenvalue weighted by molar-refractivity contribution is 6.17. The van der Waals surface area contributed by atoms with E-state index < -0.39 is 4.92 Å². The Morgan fingerprint density at radius 3 is 2.50 bits per heavy atom. The van der Waals surface area contributed by atoms with E-state index in [1.165, 1.54) is 36.4 Å². The number of aryl methyl sites for hydroxylation is 1. The molecule has 1 heterocycles. The minimum absolute atomic E-state index is 0.0564. The van der Waals surface area contributed by atoms with Gasteiger partial charge >= 0.3 is 5.69 Å². The van der Waals surface area contributed by atoms with E-state index in [0.29, 0.717) is 22.3 Å². The van der Waals surface area contributed by atoms with Crippen LogP contribution in [0.15, 0.2) is 46.9 Å². The molecule has 110 valence electrons. The summed E-state index contributed by atoms with van der Waals surface area (Å²) in [5.41, 5.74) is 0.581. The number of hydrogen-bond acceptors (Lipinski definition) is 5. The summed E-state index contributed by atoms with van der Waals surface area (Å²) >= 11 is 0. The number of carbonyl (C=O) groups is 1. The summed E-state index contributed by atoms with van der Waals surface area (Å²) in [4.78, 5) is 23.1. The first-order valence-corrected chi connectivity index (χ1v) is 6.49. The van der Waals surface area contributed by atoms with Gasteiger partial charge in [0.15, 0.2) is 5.78 Å². The van der Waals surface area contributed by atoms with Crippen molar-refractivity contribution in [1.29, 1.82) is 0 Å². The maximum absolute atomic E-state index is 12.6. The summed E-state index contributed by atoms with van der Waals surface area (Å²) in [5, 5.41) is 20.7. The second-order valence-corrected chi connectivity index (χ2v) is 4.82. The van der Waals surface area contributed by atoms with Crippen LogP contribution in [0.2, 0.25) is 0 Å². The Kier molecular flexibility index (Phi) is 3.14. The third-order valence-electron chi connectivity index (χ3n) is 3.42. The number of phenols is 1. The molecule has 0 unspecified atom stereocenters. The molecule has 0 aliphatic carbocycles. The van der Waals surface area contributed by atoms with E-state index in [1.807, 2.05) is 0 Å². The predicted octanol–water partition coefficient (Wildman–Crippen LogP) is 3.59. The molecule has 3 rings (SSSR count). The lowest BCUT2D eigenvalue weighted by atomic mass is 10.00. The van der Waals surface area contributed by atoms with Crippen molar-refractivity contribution in [2.24, 2.45) is 0 Å². The van der Waals surface area contributed by atoms with E-state index >= 15 is 0 Å². The van der Waals surface area contributed by atoms with Crippen LogP contribution in [-0.4, -0.2) is 15.8 Å². The van der Waals surface area contributed by atoms with Crippen molar-refractivity contribution in [3.8, 4) is 5.75 Å². The molecular formula is C16H11NO5. The Balaban J connectivity index is 2.21. The number of fused-ring (bicyclic) bond motifs is 1. The number of nitro groups is 1. The van der Waals surface area contributed by atoms with Crippen LogP contribution < -0.4 is 0 Å². The number of aromatic hydroxyl groups is 1. The van der Waals surface area contributed by atoms with E-state index in [0.717, 1.165) is 0 Å². The van der Waals surface area contributed by atoms with Gasteiger partial charge in [-0.2, -0.15) is 0 Å². The first-order chi connectivity index (χ1) is 10.5. The Morgan fingerprint density at radius 1 is 1.18 bits per heavy atom. The highest BCUT2D eigenvalue weighted by atomic mass is 16.6. The van der Waals surface area contributed by atoms with Crippen molar-refractivity contribution in [1.82, 2.24) is 0 Å². The van der Waals surface area contributed by atoms with Gasteiger partial charge in [0.2, 0.25) is 5.58 Å². The van der Waals surface area contributed by atoms with E-state index in [1.54, 1.807) is 13.0 Å². The van der Waals surface area contributed by atoms with Crippen molar-refractivity contribution in [3.63, 3.8) is 0 Å². The van der Waals surface area contributed by atoms with Crippen LogP contribution in [0, 0.1) is 17.0 Å². The van der Waals surface area contributed by atoms with Crippen molar-refractivity contribution in [2.45, 2.75) is 6.92 Å². The van der Waals surface area contributed by atoms with Crippen LogP contribution in [0.1, 0.15) is 21.7 Å². The fourth-order valence-electron chi connectivity index (χ4n) is 2.41. The summed E-state index contributed by atoms with van der Waals surface area (Å²) in [6, 6.07) is 10.3. The van der Waals surface area contributed by atoms with Crippen molar-refractivity contribution < 1.29 is 19.2 Å². The molecule has 0 spiro atoms. The fraction of sp³-hybridized carbons (Fsp3) is 0.0625. The summed E-state index contributed by atoms with van der Waals surface area (Å²) in [7, 11) is 0. The lowest BCUT2D eigenvalue weighted by Gasteiger charge is -2.01. The second kappa shape index (κ2) is 5.00. The second-order valence-electron chi connectivity index (χ2n) is 4.82. The Hall–Kier alpha value is -3.15. The maximum Gasteiger partial charge on any atom is 0.312 e. The number of non-ortho nitro benzene ring substituents is 1. The molecule has 0 amide bonds. The molecular weight excluding hydrogens is 286 g/mol. The SMILES string of the molecule is Cc1oc2c([N+](=O)[O-])cccc2c1C(=O)c1ccc(O)cc1. The number of furan rings is 1. The number of nitrogens with zero attached hydrogens (tertiary/aromatic N) is 1. The standard InChI is InChI=1S/C16H11NO5/c1-9-14(15(19)10-5-7-11(18)8-6-10)12-3-2-4-13(17(20)21)16(12)22-9/h2-8,18H,1H3. The van der Waals surface area contributed by atoms with Gasteiger partial charge in [0.25, 0.3) is 0 Å². The van der Waals surface area contributed by atoms with Crippen molar-refractivity contribution >= 4 is 22.4 Å². The number of nitro benzene ring substituents is 1. The molecule has 0 aliphatic heterocycles. The molecule has 6 nitrogen and oxygen atoms in total. The van der Waals surface area contributed by atoms with Gasteiger partial charge < -0.3 is 9.52 Å². The summed E-state index contributed by atoms with van der Waals surface area (Å²) in [5.74, 6) is 0.0695. The van der Waals surface area contributed by atoms with Gasteiger partial charge in [0.1, 0.15) is 11.5 Å². The highest BCUT2D eigenvalue weighted by Gasteiger charge is 2.24. The number of phenolic OH excluding ortho intramolecular Hbond substituents is 1. The van der Waals surface area contributed by atoms with Gasteiger partial charge in [-0.05, 0) is 37.3 Å². The third kappa shape index (κ3) is 2.10. The van der Waals surface area contributed by atoms with Crippen LogP contribution in [-0.2, 0) is 0 Å². The number of hydrogen-bond donors (Lipinski definition) is 1.